The summed E-state index contributed by atoms with van der Waals surface area (Å²) in [6.45, 7) is 0. The Kier molecular flexibility index (Phi) is 5.85. The Bertz CT molecular complexity index is 512. The molecular weight excluding hydrogens is 342 g/mol. The highest BCUT2D eigenvalue weighted by Crippen LogP contribution is 2.46. The van der Waals surface area contributed by atoms with Gasteiger partial charge in [-0.1, -0.05) is 6.07 Å². The Morgan fingerprint density at radius 1 is 1.00 bits per heavy atom. The zero-order valence-electron chi connectivity index (χ0n) is 10.1. The van der Waals surface area contributed by atoms with Crippen LogP contribution in [0.25, 0.3) is 0 Å². The molecule has 1 aromatic carbocycles. The predicted octanol–water partition coefficient (Wildman–Crippen LogP) is 4.93. The smallest absolute Gasteiger partial charge is 0.446 e. The quantitative estimate of drug-likeness (QED) is 0.604. The van der Waals surface area contributed by atoms with Gasteiger partial charge < -0.3 is 5.11 Å². The molecule has 0 aliphatic carbocycles. The zero-order chi connectivity index (χ0) is 16.3. The van der Waals surface area contributed by atoms with E-state index >= 15 is 0 Å². The van der Waals surface area contributed by atoms with Gasteiger partial charge in [-0.3, -0.25) is 4.79 Å². The number of carboxylic acid groups (broad SMARTS) is 1. The van der Waals surface area contributed by atoms with Crippen molar-refractivity contribution in [2.75, 3.05) is 0 Å². The van der Waals surface area contributed by atoms with Crippen molar-refractivity contribution in [3.8, 4) is 0 Å². The molecule has 0 bridgehead atoms. The molecule has 0 unspecified atom stereocenters. The lowest BCUT2D eigenvalue weighted by molar-refractivity contribution is -0.136. The summed E-state index contributed by atoms with van der Waals surface area (Å²) >= 11 is -1.29. The number of hydrogen-bond acceptors (Lipinski definition) is 3. The Balaban J connectivity index is 3.04. The van der Waals surface area contributed by atoms with Crippen LogP contribution in [0, 0.1) is 0 Å². The molecule has 0 aromatic heterocycles. The lowest BCUT2D eigenvalue weighted by atomic mass is 10.1. The fourth-order valence-corrected chi connectivity index (χ4v) is 2.80. The van der Waals surface area contributed by atoms with Gasteiger partial charge in [-0.2, -0.15) is 26.3 Å². The van der Waals surface area contributed by atoms with E-state index in [0.29, 0.717) is 0 Å². The number of hydrogen-bond donors (Lipinski definition) is 1. The number of halogens is 6. The molecule has 0 saturated heterocycles. The molecule has 1 aromatic rings. The van der Waals surface area contributed by atoms with Gasteiger partial charge in [-0.25, -0.2) is 0 Å². The Morgan fingerprint density at radius 2 is 1.52 bits per heavy atom. The number of carbonyl (C=O) groups is 1. The van der Waals surface area contributed by atoms with Crippen LogP contribution in [0.1, 0.15) is 12.0 Å². The Hall–Kier alpha value is -1.03. The highest BCUT2D eigenvalue weighted by atomic mass is 32.2. The lowest BCUT2D eigenvalue weighted by Crippen LogP contribution is -2.04. The molecule has 0 aliphatic heterocycles. The van der Waals surface area contributed by atoms with Crippen molar-refractivity contribution in [3.63, 3.8) is 0 Å². The third-order valence-corrected chi connectivity index (χ3v) is 3.81. The third-order valence-electron chi connectivity index (χ3n) is 2.09. The zero-order valence-corrected chi connectivity index (χ0v) is 11.7. The van der Waals surface area contributed by atoms with Gasteiger partial charge in [0.15, 0.2) is 0 Å². The molecule has 1 N–H and O–H groups in total. The number of thioether (sulfide) groups is 2. The molecule has 0 amide bonds. The fourth-order valence-electron chi connectivity index (χ4n) is 1.37. The average Bonchev–Trinajstić information content (AvgIpc) is 2.25. The molecule has 0 radical (unpaired) electrons. The molecule has 0 spiro atoms. The van der Waals surface area contributed by atoms with Crippen LogP contribution in [-0.2, 0) is 11.2 Å². The number of aryl methyl sites for hydroxylation is 1. The van der Waals surface area contributed by atoms with E-state index in [4.69, 9.17) is 5.11 Å². The van der Waals surface area contributed by atoms with E-state index in [9.17, 15) is 31.1 Å². The van der Waals surface area contributed by atoms with Gasteiger partial charge in [-0.15, -0.1) is 0 Å². The van der Waals surface area contributed by atoms with Crippen LogP contribution in [0.3, 0.4) is 0 Å². The van der Waals surface area contributed by atoms with Gasteiger partial charge in [0.2, 0.25) is 0 Å². The van der Waals surface area contributed by atoms with Crippen LogP contribution in [0.4, 0.5) is 26.3 Å². The van der Waals surface area contributed by atoms with E-state index in [1.807, 2.05) is 0 Å². The monoisotopic (exact) mass is 350 g/mol. The predicted molar refractivity (Wildman–Crippen MR) is 66.2 cm³/mol. The van der Waals surface area contributed by atoms with Crippen LogP contribution >= 0.6 is 23.5 Å². The SMILES string of the molecule is O=C(O)CCc1ccc(SC(F)(F)F)c(SC(F)(F)F)c1. The second-order valence-electron chi connectivity index (χ2n) is 3.77. The fraction of sp³-hybridized carbons (Fsp3) is 0.364. The first-order valence-corrected chi connectivity index (χ1v) is 6.96. The largest absolute Gasteiger partial charge is 0.481 e. The lowest BCUT2D eigenvalue weighted by Gasteiger charge is -2.13. The molecule has 2 nitrogen and oxygen atoms in total. The van der Waals surface area contributed by atoms with Gasteiger partial charge >= 0.3 is 17.0 Å². The third kappa shape index (κ3) is 7.51. The van der Waals surface area contributed by atoms with E-state index in [1.165, 1.54) is 6.07 Å². The summed E-state index contributed by atoms with van der Waals surface area (Å²) in [7, 11) is 0. The van der Waals surface area contributed by atoms with E-state index < -0.39 is 50.3 Å². The van der Waals surface area contributed by atoms with Gasteiger partial charge in [0.05, 0.1) is 0 Å². The summed E-state index contributed by atoms with van der Waals surface area (Å²) < 4.78 is 74.0. The van der Waals surface area contributed by atoms with E-state index in [2.05, 4.69) is 0 Å². The molecule has 0 atom stereocenters. The van der Waals surface area contributed by atoms with Crippen molar-refractivity contribution in [3.05, 3.63) is 23.8 Å². The van der Waals surface area contributed by atoms with Crippen molar-refractivity contribution in [1.29, 1.82) is 0 Å². The summed E-state index contributed by atoms with van der Waals surface area (Å²) in [4.78, 5) is 9.25. The maximum absolute atomic E-state index is 12.4. The maximum atomic E-state index is 12.4. The topological polar surface area (TPSA) is 37.3 Å². The summed E-state index contributed by atoms with van der Waals surface area (Å²) in [5.74, 6) is -1.14. The molecule has 21 heavy (non-hydrogen) atoms. The first-order chi connectivity index (χ1) is 9.46. The summed E-state index contributed by atoms with van der Waals surface area (Å²) in [5.41, 5.74) is -9.20. The van der Waals surface area contributed by atoms with Gasteiger partial charge in [0, 0.05) is 16.2 Å². The van der Waals surface area contributed by atoms with Gasteiger partial charge in [0.1, 0.15) is 0 Å². The minimum atomic E-state index is -4.73. The molecule has 0 saturated carbocycles. The standard InChI is InChI=1S/C11H8F6O2S2/c12-10(13,14)20-7-3-1-6(2-4-9(18)19)5-8(7)21-11(15,16)17/h1,3,5H,2,4H2,(H,18,19). The Labute approximate surface area is 123 Å². The number of benzene rings is 1. The maximum Gasteiger partial charge on any atom is 0.446 e. The van der Waals surface area contributed by atoms with Crippen molar-refractivity contribution in [1.82, 2.24) is 0 Å². The van der Waals surface area contributed by atoms with E-state index in [-0.39, 0.29) is 18.4 Å². The summed E-state index contributed by atoms with van der Waals surface area (Å²) in [6, 6.07) is 3.05. The van der Waals surface area contributed by atoms with Crippen molar-refractivity contribution in [2.45, 2.75) is 33.6 Å². The first kappa shape index (κ1) is 18.0. The summed E-state index contributed by atoms with van der Waals surface area (Å²) in [5, 5.41) is 8.50. The highest BCUT2D eigenvalue weighted by molar-refractivity contribution is 8.03. The molecule has 10 heteroatoms. The first-order valence-electron chi connectivity index (χ1n) is 5.32. The van der Waals surface area contributed by atoms with Crippen LogP contribution < -0.4 is 0 Å². The van der Waals surface area contributed by atoms with Crippen LogP contribution in [0.15, 0.2) is 28.0 Å². The molecule has 1 rings (SSSR count). The molecule has 118 valence electrons. The molecular formula is C11H8F6O2S2. The van der Waals surface area contributed by atoms with Gasteiger partial charge in [0.25, 0.3) is 0 Å². The highest BCUT2D eigenvalue weighted by Gasteiger charge is 2.34. The number of rotatable bonds is 5. The van der Waals surface area contributed by atoms with Crippen LogP contribution in [-0.4, -0.2) is 22.1 Å². The van der Waals surface area contributed by atoms with Crippen LogP contribution in [0.5, 0.6) is 0 Å². The average molecular weight is 350 g/mol. The minimum absolute atomic E-state index is 0.0578. The Morgan fingerprint density at radius 3 is 2.00 bits per heavy atom. The number of aliphatic carboxylic acids is 1. The van der Waals surface area contributed by atoms with Gasteiger partial charge in [-0.05, 0) is 47.6 Å². The number of alkyl halides is 6. The van der Waals surface area contributed by atoms with Crippen molar-refractivity contribution < 1.29 is 36.2 Å². The molecule has 0 heterocycles. The number of carboxylic acids is 1. The van der Waals surface area contributed by atoms with E-state index in [1.54, 1.807) is 0 Å². The molecule has 0 fully saturated rings. The molecule has 0 aliphatic rings. The summed E-state index contributed by atoms with van der Waals surface area (Å²) in [6.07, 6.45) is -0.375. The van der Waals surface area contributed by atoms with Crippen molar-refractivity contribution in [2.24, 2.45) is 0 Å². The van der Waals surface area contributed by atoms with Crippen molar-refractivity contribution >= 4 is 29.5 Å². The van der Waals surface area contributed by atoms with E-state index in [0.717, 1.165) is 12.1 Å². The minimum Gasteiger partial charge on any atom is -0.481 e. The normalized spacial score (nSPS) is 12.5. The second kappa shape index (κ2) is 6.82. The second-order valence-corrected chi connectivity index (χ2v) is 5.98. The van der Waals surface area contributed by atoms with Crippen LogP contribution in [0.2, 0.25) is 0 Å².